The molecule has 2 unspecified atom stereocenters. The molecule has 28 heavy (non-hydrogen) atoms. The largest absolute Gasteiger partial charge is 0.493 e. The molecule has 4 rings (SSSR count). The van der Waals surface area contributed by atoms with E-state index in [4.69, 9.17) is 9.73 Å². The highest BCUT2D eigenvalue weighted by molar-refractivity contribution is 5.80. The predicted octanol–water partition coefficient (Wildman–Crippen LogP) is 2.28. The molecule has 0 aliphatic carbocycles. The summed E-state index contributed by atoms with van der Waals surface area (Å²) in [6.45, 7) is 7.41. The number of rotatable bonds is 5. The molecule has 0 spiro atoms. The molecular formula is C21H30N6O. The second-order valence-corrected chi connectivity index (χ2v) is 7.45. The van der Waals surface area contributed by atoms with Crippen molar-refractivity contribution in [2.75, 3.05) is 19.7 Å². The van der Waals surface area contributed by atoms with Gasteiger partial charge in [-0.25, -0.2) is 9.67 Å². The number of nitrogens with one attached hydrogen (secondary N) is 2. The predicted molar refractivity (Wildman–Crippen MR) is 110 cm³/mol. The summed E-state index contributed by atoms with van der Waals surface area (Å²) in [4.78, 5) is 9.51. The standard InChI is InChI=1S/C21H30N6O/c1-3-19-25-20-10-9-16(14-27(20)26-19)24-21(22-4-2)23-13-15-11-12-28-18-8-6-5-7-17(15)18/h5-8,15-16H,3-4,9-14H2,1-2H3,(H2,22,23,24). The number of fused-ring (bicyclic) bond motifs is 2. The van der Waals surface area contributed by atoms with Crippen molar-refractivity contribution >= 4 is 5.96 Å². The van der Waals surface area contributed by atoms with E-state index in [2.05, 4.69) is 57.4 Å². The fraction of sp³-hybridized carbons (Fsp3) is 0.571. The third kappa shape index (κ3) is 4.13. The van der Waals surface area contributed by atoms with Crippen LogP contribution in [0.5, 0.6) is 5.75 Å². The number of hydrogen-bond acceptors (Lipinski definition) is 4. The first kappa shape index (κ1) is 18.8. The Morgan fingerprint density at radius 2 is 2.18 bits per heavy atom. The molecule has 2 atom stereocenters. The number of aliphatic imine (C=N–C) groups is 1. The molecule has 3 heterocycles. The Hall–Kier alpha value is -2.57. The molecule has 2 aliphatic heterocycles. The van der Waals surface area contributed by atoms with Crippen LogP contribution in [0.15, 0.2) is 29.3 Å². The van der Waals surface area contributed by atoms with Gasteiger partial charge in [-0.05, 0) is 31.4 Å². The summed E-state index contributed by atoms with van der Waals surface area (Å²) in [6, 6.07) is 8.64. The highest BCUT2D eigenvalue weighted by Gasteiger charge is 2.23. The molecular weight excluding hydrogens is 352 g/mol. The highest BCUT2D eigenvalue weighted by Crippen LogP contribution is 2.33. The van der Waals surface area contributed by atoms with Crippen molar-refractivity contribution in [1.29, 1.82) is 0 Å². The topological polar surface area (TPSA) is 76.4 Å². The van der Waals surface area contributed by atoms with Crippen LogP contribution in [0, 0.1) is 0 Å². The van der Waals surface area contributed by atoms with Gasteiger partial charge in [0.15, 0.2) is 11.8 Å². The molecule has 150 valence electrons. The lowest BCUT2D eigenvalue weighted by atomic mass is 9.93. The molecule has 7 heteroatoms. The first-order chi connectivity index (χ1) is 13.8. The molecule has 1 aromatic heterocycles. The molecule has 2 aliphatic rings. The Labute approximate surface area is 166 Å². The summed E-state index contributed by atoms with van der Waals surface area (Å²) in [6.07, 6.45) is 3.89. The number of para-hydroxylation sites is 1. The van der Waals surface area contributed by atoms with E-state index in [0.717, 1.165) is 75.3 Å². The van der Waals surface area contributed by atoms with Crippen LogP contribution in [0.1, 0.15) is 49.8 Å². The fourth-order valence-electron chi connectivity index (χ4n) is 3.95. The van der Waals surface area contributed by atoms with Gasteiger partial charge in [0, 0.05) is 37.9 Å². The van der Waals surface area contributed by atoms with Crippen LogP contribution in [-0.4, -0.2) is 46.5 Å². The Morgan fingerprint density at radius 1 is 1.29 bits per heavy atom. The van der Waals surface area contributed by atoms with Crippen LogP contribution in [0.3, 0.4) is 0 Å². The van der Waals surface area contributed by atoms with Crippen LogP contribution in [-0.2, 0) is 19.4 Å². The third-order valence-corrected chi connectivity index (χ3v) is 5.46. The highest BCUT2D eigenvalue weighted by atomic mass is 16.5. The zero-order valence-corrected chi connectivity index (χ0v) is 16.8. The van der Waals surface area contributed by atoms with Gasteiger partial charge in [0.1, 0.15) is 11.6 Å². The maximum Gasteiger partial charge on any atom is 0.191 e. The number of ether oxygens (including phenoxy) is 1. The second kappa shape index (κ2) is 8.63. The number of benzene rings is 1. The van der Waals surface area contributed by atoms with E-state index in [0.29, 0.717) is 12.0 Å². The van der Waals surface area contributed by atoms with Gasteiger partial charge < -0.3 is 15.4 Å². The molecule has 2 N–H and O–H groups in total. The van der Waals surface area contributed by atoms with Crippen molar-refractivity contribution in [3.8, 4) is 5.75 Å². The lowest BCUT2D eigenvalue weighted by molar-refractivity contribution is 0.269. The van der Waals surface area contributed by atoms with Crippen molar-refractivity contribution in [1.82, 2.24) is 25.4 Å². The van der Waals surface area contributed by atoms with E-state index >= 15 is 0 Å². The molecule has 0 bridgehead atoms. The Morgan fingerprint density at radius 3 is 3.04 bits per heavy atom. The Kier molecular flexibility index (Phi) is 5.78. The number of guanidine groups is 1. The van der Waals surface area contributed by atoms with E-state index in [-0.39, 0.29) is 0 Å². The van der Waals surface area contributed by atoms with Crippen LogP contribution in [0.2, 0.25) is 0 Å². The fourth-order valence-corrected chi connectivity index (χ4v) is 3.95. The molecule has 0 saturated heterocycles. The Bertz CT molecular complexity index is 830. The minimum Gasteiger partial charge on any atom is -0.493 e. The van der Waals surface area contributed by atoms with Gasteiger partial charge in [0.25, 0.3) is 0 Å². The molecule has 0 saturated carbocycles. The van der Waals surface area contributed by atoms with Crippen molar-refractivity contribution in [3.05, 3.63) is 41.5 Å². The molecule has 2 aromatic rings. The number of aromatic nitrogens is 3. The van der Waals surface area contributed by atoms with Gasteiger partial charge >= 0.3 is 0 Å². The summed E-state index contributed by atoms with van der Waals surface area (Å²) < 4.78 is 7.83. The zero-order valence-electron chi connectivity index (χ0n) is 16.8. The maximum absolute atomic E-state index is 5.78. The first-order valence-corrected chi connectivity index (χ1v) is 10.5. The van der Waals surface area contributed by atoms with Gasteiger partial charge in [-0.15, -0.1) is 0 Å². The molecule has 1 aromatic carbocycles. The zero-order chi connectivity index (χ0) is 19.3. The quantitative estimate of drug-likeness (QED) is 0.613. The molecule has 7 nitrogen and oxygen atoms in total. The maximum atomic E-state index is 5.78. The van der Waals surface area contributed by atoms with Crippen LogP contribution in [0.25, 0.3) is 0 Å². The van der Waals surface area contributed by atoms with E-state index < -0.39 is 0 Å². The second-order valence-electron chi connectivity index (χ2n) is 7.45. The SMILES string of the molecule is CCNC(=NCC1CCOc2ccccc21)NC1CCc2nc(CC)nn2C1. The molecule has 0 radical (unpaired) electrons. The number of aryl methyl sites for hydroxylation is 2. The summed E-state index contributed by atoms with van der Waals surface area (Å²) in [5.41, 5.74) is 1.27. The van der Waals surface area contributed by atoms with Crippen LogP contribution < -0.4 is 15.4 Å². The molecule has 0 fully saturated rings. The minimum atomic E-state index is 0.318. The Balaban J connectivity index is 1.42. The summed E-state index contributed by atoms with van der Waals surface area (Å²) in [5.74, 6) is 4.34. The average Bonchev–Trinajstić information content (AvgIpc) is 3.14. The first-order valence-electron chi connectivity index (χ1n) is 10.5. The minimum absolute atomic E-state index is 0.318. The normalized spacial score (nSPS) is 21.4. The van der Waals surface area contributed by atoms with E-state index in [1.165, 1.54) is 5.56 Å². The van der Waals surface area contributed by atoms with Crippen molar-refractivity contribution < 1.29 is 4.74 Å². The van der Waals surface area contributed by atoms with Crippen LogP contribution in [0.4, 0.5) is 0 Å². The van der Waals surface area contributed by atoms with Gasteiger partial charge in [-0.1, -0.05) is 25.1 Å². The molecule has 0 amide bonds. The van der Waals surface area contributed by atoms with Gasteiger partial charge in [-0.3, -0.25) is 4.99 Å². The lowest BCUT2D eigenvalue weighted by Crippen LogP contribution is -2.47. The number of hydrogen-bond donors (Lipinski definition) is 2. The van der Waals surface area contributed by atoms with Crippen molar-refractivity contribution in [2.45, 2.75) is 58.0 Å². The smallest absolute Gasteiger partial charge is 0.191 e. The van der Waals surface area contributed by atoms with Crippen molar-refractivity contribution in [3.63, 3.8) is 0 Å². The van der Waals surface area contributed by atoms with E-state index in [9.17, 15) is 0 Å². The van der Waals surface area contributed by atoms with Gasteiger partial charge in [0.2, 0.25) is 0 Å². The third-order valence-electron chi connectivity index (χ3n) is 5.46. The average molecular weight is 383 g/mol. The van der Waals surface area contributed by atoms with Gasteiger partial charge in [-0.2, -0.15) is 5.10 Å². The van der Waals surface area contributed by atoms with Crippen LogP contribution >= 0.6 is 0 Å². The van der Waals surface area contributed by atoms with Gasteiger partial charge in [0.05, 0.1) is 13.2 Å². The summed E-state index contributed by atoms with van der Waals surface area (Å²) in [5, 5.41) is 11.6. The summed E-state index contributed by atoms with van der Waals surface area (Å²) >= 11 is 0. The summed E-state index contributed by atoms with van der Waals surface area (Å²) in [7, 11) is 0. The van der Waals surface area contributed by atoms with Crippen molar-refractivity contribution in [2.24, 2.45) is 4.99 Å². The lowest BCUT2D eigenvalue weighted by Gasteiger charge is -2.27. The van der Waals surface area contributed by atoms with E-state index in [1.54, 1.807) is 0 Å². The monoisotopic (exact) mass is 382 g/mol. The van der Waals surface area contributed by atoms with E-state index in [1.807, 2.05) is 6.07 Å². The number of nitrogens with zero attached hydrogens (tertiary/aromatic N) is 4.